The number of nitrogens with zero attached hydrogens (tertiary/aromatic N) is 1. The highest BCUT2D eigenvalue weighted by molar-refractivity contribution is 9.10. The van der Waals surface area contributed by atoms with Crippen LogP contribution in [0.4, 0.5) is 5.69 Å². The molecule has 3 aromatic rings. The molecule has 28 heavy (non-hydrogen) atoms. The van der Waals surface area contributed by atoms with Crippen molar-refractivity contribution in [3.05, 3.63) is 82.6 Å². The first-order valence-electron chi connectivity index (χ1n) is 8.73. The number of amides is 1. The highest BCUT2D eigenvalue weighted by Gasteiger charge is 2.33. The standard InChI is InChI=1S/C21H17BrN2O4/c22-15-10-16(23-11-15)21(26)28-13-20(25)24-17-8-4-5-9-19(17)27-12-18(24)14-6-2-1-3-7-14/h1-11,18,23H,12-13H2/t18-/m1/s1. The van der Waals surface area contributed by atoms with Crippen molar-refractivity contribution in [3.63, 3.8) is 0 Å². The number of H-pyrrole nitrogens is 1. The molecule has 1 N–H and O–H groups in total. The number of carbonyl (C=O) groups excluding carboxylic acids is 2. The van der Waals surface area contributed by atoms with Crippen LogP contribution in [0.15, 0.2) is 71.3 Å². The van der Waals surface area contributed by atoms with E-state index in [1.807, 2.05) is 54.6 Å². The van der Waals surface area contributed by atoms with E-state index in [-0.39, 0.29) is 24.2 Å². The molecular formula is C21H17BrN2O4. The molecule has 2 heterocycles. The molecule has 0 aliphatic carbocycles. The van der Waals surface area contributed by atoms with Gasteiger partial charge in [-0.25, -0.2) is 4.79 Å². The number of fused-ring (bicyclic) bond motifs is 1. The number of esters is 1. The number of carbonyl (C=O) groups is 2. The number of anilines is 1. The number of rotatable bonds is 4. The first-order chi connectivity index (χ1) is 13.6. The zero-order chi connectivity index (χ0) is 19.5. The molecule has 2 aromatic carbocycles. The first-order valence-corrected chi connectivity index (χ1v) is 9.52. The van der Waals surface area contributed by atoms with E-state index in [1.165, 1.54) is 0 Å². The van der Waals surface area contributed by atoms with Gasteiger partial charge in [-0.2, -0.15) is 0 Å². The number of ether oxygens (including phenoxy) is 2. The summed E-state index contributed by atoms with van der Waals surface area (Å²) in [6.07, 6.45) is 1.63. The van der Waals surface area contributed by atoms with Gasteiger partial charge >= 0.3 is 5.97 Å². The smallest absolute Gasteiger partial charge is 0.355 e. The Bertz CT molecular complexity index is 1000. The summed E-state index contributed by atoms with van der Waals surface area (Å²) in [5.41, 5.74) is 1.89. The van der Waals surface area contributed by atoms with Gasteiger partial charge in [0.15, 0.2) is 6.61 Å². The second-order valence-electron chi connectivity index (χ2n) is 6.28. The predicted octanol–water partition coefficient (Wildman–Crippen LogP) is 4.10. The molecule has 0 radical (unpaired) electrons. The third-order valence-corrected chi connectivity index (χ3v) is 4.94. The Balaban J connectivity index is 1.58. The summed E-state index contributed by atoms with van der Waals surface area (Å²) in [5, 5.41) is 0. The molecule has 6 nitrogen and oxygen atoms in total. The fourth-order valence-electron chi connectivity index (χ4n) is 3.18. The van der Waals surface area contributed by atoms with Gasteiger partial charge in [-0.05, 0) is 39.7 Å². The minimum atomic E-state index is -0.586. The average molecular weight is 441 g/mol. The maximum absolute atomic E-state index is 13.1. The molecule has 7 heteroatoms. The molecule has 1 atom stereocenters. The average Bonchev–Trinajstić information content (AvgIpc) is 3.18. The van der Waals surface area contributed by atoms with Crippen LogP contribution >= 0.6 is 15.9 Å². The van der Waals surface area contributed by atoms with Crippen molar-refractivity contribution in [1.29, 1.82) is 0 Å². The van der Waals surface area contributed by atoms with Gasteiger partial charge in [0.25, 0.3) is 5.91 Å². The maximum Gasteiger partial charge on any atom is 0.355 e. The highest BCUT2D eigenvalue weighted by atomic mass is 79.9. The Morgan fingerprint density at radius 1 is 1.14 bits per heavy atom. The van der Waals surface area contributed by atoms with E-state index >= 15 is 0 Å². The zero-order valence-corrected chi connectivity index (χ0v) is 16.4. The van der Waals surface area contributed by atoms with Crippen molar-refractivity contribution in [2.75, 3.05) is 18.1 Å². The lowest BCUT2D eigenvalue weighted by molar-refractivity contribution is -0.122. The van der Waals surface area contributed by atoms with E-state index in [1.54, 1.807) is 17.2 Å². The van der Waals surface area contributed by atoms with Gasteiger partial charge in [-0.15, -0.1) is 0 Å². The van der Waals surface area contributed by atoms with E-state index in [2.05, 4.69) is 20.9 Å². The van der Waals surface area contributed by atoms with Gasteiger partial charge in [0.1, 0.15) is 18.1 Å². The molecule has 4 rings (SSSR count). The number of nitrogens with one attached hydrogen (secondary N) is 1. The Labute approximate surface area is 170 Å². The summed E-state index contributed by atoms with van der Waals surface area (Å²) in [6.45, 7) is -0.0442. The van der Waals surface area contributed by atoms with Crippen LogP contribution in [0, 0.1) is 0 Å². The number of aromatic nitrogens is 1. The minimum absolute atomic E-state index is 0.279. The second kappa shape index (κ2) is 7.90. The number of benzene rings is 2. The fraction of sp³-hybridized carbons (Fsp3) is 0.143. The summed E-state index contributed by atoms with van der Waals surface area (Å²) >= 11 is 3.27. The fourth-order valence-corrected chi connectivity index (χ4v) is 3.52. The lowest BCUT2D eigenvalue weighted by Gasteiger charge is -2.37. The van der Waals surface area contributed by atoms with Crippen LogP contribution in [0.5, 0.6) is 5.75 Å². The van der Waals surface area contributed by atoms with Crippen molar-refractivity contribution in [3.8, 4) is 5.75 Å². The van der Waals surface area contributed by atoms with Crippen LogP contribution in [0.25, 0.3) is 0 Å². The minimum Gasteiger partial charge on any atom is -0.489 e. The summed E-state index contributed by atoms with van der Waals surface area (Å²) in [7, 11) is 0. The lowest BCUT2D eigenvalue weighted by Crippen LogP contribution is -2.43. The predicted molar refractivity (Wildman–Crippen MR) is 107 cm³/mol. The number of aromatic amines is 1. The quantitative estimate of drug-likeness (QED) is 0.619. The van der Waals surface area contributed by atoms with Crippen LogP contribution in [0.1, 0.15) is 22.1 Å². The molecule has 1 aromatic heterocycles. The van der Waals surface area contributed by atoms with Crippen LogP contribution in [0.2, 0.25) is 0 Å². The SMILES string of the molecule is O=C(OCC(=O)N1c2ccccc2OC[C@@H]1c1ccccc1)c1cc(Br)c[nH]1. The van der Waals surface area contributed by atoms with E-state index in [9.17, 15) is 9.59 Å². The van der Waals surface area contributed by atoms with Crippen LogP contribution in [-0.2, 0) is 9.53 Å². The molecule has 142 valence electrons. The third-order valence-electron chi connectivity index (χ3n) is 4.48. The van der Waals surface area contributed by atoms with E-state index in [0.29, 0.717) is 18.0 Å². The molecule has 1 aliphatic heterocycles. The van der Waals surface area contributed by atoms with E-state index in [0.717, 1.165) is 10.0 Å². The molecule has 0 saturated heterocycles. The Morgan fingerprint density at radius 3 is 2.64 bits per heavy atom. The molecule has 0 bridgehead atoms. The normalized spacial score (nSPS) is 15.5. The van der Waals surface area contributed by atoms with Gasteiger partial charge < -0.3 is 14.5 Å². The molecule has 0 fully saturated rings. The van der Waals surface area contributed by atoms with Crippen molar-refractivity contribution in [1.82, 2.24) is 4.98 Å². The van der Waals surface area contributed by atoms with Gasteiger partial charge in [-0.3, -0.25) is 9.69 Å². The topological polar surface area (TPSA) is 71.6 Å². The van der Waals surface area contributed by atoms with Gasteiger partial charge in [-0.1, -0.05) is 42.5 Å². The molecule has 0 spiro atoms. The van der Waals surface area contributed by atoms with Crippen molar-refractivity contribution >= 4 is 33.5 Å². The summed E-state index contributed by atoms with van der Waals surface area (Å²) in [5.74, 6) is -0.275. The van der Waals surface area contributed by atoms with Crippen LogP contribution in [0.3, 0.4) is 0 Å². The lowest BCUT2D eigenvalue weighted by atomic mass is 10.0. The Kier molecular flexibility index (Phi) is 5.16. The Hall–Kier alpha value is -3.06. The summed E-state index contributed by atoms with van der Waals surface area (Å²) < 4.78 is 11.8. The molecule has 1 aliphatic rings. The van der Waals surface area contributed by atoms with Crippen LogP contribution < -0.4 is 9.64 Å². The number of hydrogen-bond donors (Lipinski definition) is 1. The van der Waals surface area contributed by atoms with Crippen LogP contribution in [-0.4, -0.2) is 30.1 Å². The molecule has 0 unspecified atom stereocenters. The largest absolute Gasteiger partial charge is 0.489 e. The number of hydrogen-bond acceptors (Lipinski definition) is 4. The third kappa shape index (κ3) is 3.66. The monoisotopic (exact) mass is 440 g/mol. The highest BCUT2D eigenvalue weighted by Crippen LogP contribution is 2.39. The van der Waals surface area contributed by atoms with Crippen molar-refractivity contribution < 1.29 is 19.1 Å². The molecule has 1 amide bonds. The molecule has 0 saturated carbocycles. The second-order valence-corrected chi connectivity index (χ2v) is 7.19. The molecular weight excluding hydrogens is 424 g/mol. The zero-order valence-electron chi connectivity index (χ0n) is 14.8. The summed E-state index contributed by atoms with van der Waals surface area (Å²) in [4.78, 5) is 29.7. The van der Waals surface area contributed by atoms with E-state index in [4.69, 9.17) is 9.47 Å². The number of halogens is 1. The first kappa shape index (κ1) is 18.3. The summed E-state index contributed by atoms with van der Waals surface area (Å²) in [6, 6.07) is 18.3. The number of para-hydroxylation sites is 2. The maximum atomic E-state index is 13.1. The van der Waals surface area contributed by atoms with Crippen molar-refractivity contribution in [2.24, 2.45) is 0 Å². The van der Waals surface area contributed by atoms with Gasteiger partial charge in [0.05, 0.1) is 11.7 Å². The van der Waals surface area contributed by atoms with E-state index < -0.39 is 5.97 Å². The van der Waals surface area contributed by atoms with Crippen molar-refractivity contribution in [2.45, 2.75) is 6.04 Å². The Morgan fingerprint density at radius 2 is 1.89 bits per heavy atom. The van der Waals surface area contributed by atoms with Gasteiger partial charge in [0, 0.05) is 10.7 Å². The van der Waals surface area contributed by atoms with Gasteiger partial charge in [0.2, 0.25) is 0 Å².